The quantitative estimate of drug-likeness (QED) is 0.219. The van der Waals surface area contributed by atoms with Crippen molar-refractivity contribution in [1.29, 1.82) is 0 Å². The first-order chi connectivity index (χ1) is 15.9. The Morgan fingerprint density at radius 3 is 2.09 bits per heavy atom. The normalized spacial score (nSPS) is 11.1. The fourth-order valence-electron chi connectivity index (χ4n) is 3.07. The van der Waals surface area contributed by atoms with Crippen molar-refractivity contribution in [2.75, 3.05) is 7.11 Å². The van der Waals surface area contributed by atoms with E-state index in [1.807, 2.05) is 0 Å². The maximum absolute atomic E-state index is 13.4. The van der Waals surface area contributed by atoms with Gasteiger partial charge in [-0.1, -0.05) is 27.5 Å². The summed E-state index contributed by atoms with van der Waals surface area (Å²) < 4.78 is 8.77. The van der Waals surface area contributed by atoms with Crippen LogP contribution in [0.15, 0.2) is 92.3 Å². The number of azo groups is 1. The first-order valence-electron chi connectivity index (χ1n) is 9.58. The predicted molar refractivity (Wildman–Crippen MR) is 134 cm³/mol. The molecule has 0 radical (unpaired) electrons. The second-order valence-corrected chi connectivity index (χ2v) is 8.50. The van der Waals surface area contributed by atoms with E-state index in [0.717, 1.165) is 4.47 Å². The molecule has 0 aliphatic carbocycles. The summed E-state index contributed by atoms with van der Waals surface area (Å²) in [6.07, 6.45) is 0. The van der Waals surface area contributed by atoms with Gasteiger partial charge in [0.2, 0.25) is 11.6 Å². The molecule has 0 bridgehead atoms. The van der Waals surface area contributed by atoms with Gasteiger partial charge >= 0.3 is 0 Å². The topological polar surface area (TPSA) is 81.1 Å². The zero-order chi connectivity index (χ0) is 23.5. The zero-order valence-corrected chi connectivity index (χ0v) is 20.3. The van der Waals surface area contributed by atoms with Crippen molar-refractivity contribution < 1.29 is 9.84 Å². The van der Waals surface area contributed by atoms with Crippen LogP contribution in [0.25, 0.3) is 11.4 Å². The highest BCUT2D eigenvalue weighted by Gasteiger charge is 2.19. The molecule has 0 spiro atoms. The maximum atomic E-state index is 13.4. The Bertz CT molecular complexity index is 1450. The Labute approximate surface area is 207 Å². The summed E-state index contributed by atoms with van der Waals surface area (Å²) in [4.78, 5) is 13.4. The highest BCUT2D eigenvalue weighted by molar-refractivity contribution is 9.10. The van der Waals surface area contributed by atoms with Crippen molar-refractivity contribution >= 4 is 51.1 Å². The minimum atomic E-state index is -0.617. The number of methoxy groups -OCH3 is 1. The maximum Gasteiger partial charge on any atom is 0.290 e. The highest BCUT2D eigenvalue weighted by Crippen LogP contribution is 2.30. The molecule has 7 nitrogen and oxygen atoms in total. The smallest absolute Gasteiger partial charge is 0.290 e. The van der Waals surface area contributed by atoms with Gasteiger partial charge in [0.25, 0.3) is 5.56 Å². The summed E-state index contributed by atoms with van der Waals surface area (Å²) in [5.41, 5.74) is 0.614. The molecule has 4 rings (SSSR count). The van der Waals surface area contributed by atoms with E-state index >= 15 is 0 Å². The summed E-state index contributed by atoms with van der Waals surface area (Å²) in [5.74, 6) is 0.203. The second kappa shape index (κ2) is 9.70. The molecule has 0 unspecified atom stereocenters. The van der Waals surface area contributed by atoms with Crippen LogP contribution in [0.3, 0.4) is 0 Å². The fourth-order valence-corrected chi connectivity index (χ4v) is 3.84. The molecule has 0 aliphatic heterocycles. The Morgan fingerprint density at radius 2 is 1.48 bits per heavy atom. The van der Waals surface area contributed by atoms with Crippen LogP contribution in [-0.4, -0.2) is 21.4 Å². The van der Waals surface area contributed by atoms with Gasteiger partial charge in [0.1, 0.15) is 5.75 Å². The first kappa shape index (κ1) is 22.9. The van der Waals surface area contributed by atoms with Gasteiger partial charge in [0, 0.05) is 9.50 Å². The zero-order valence-electron chi connectivity index (χ0n) is 17.1. The molecule has 0 amide bonds. The number of hydrogen-bond donors (Lipinski definition) is 1. The average Bonchev–Trinajstić information content (AvgIpc) is 2.82. The first-order valence-corrected chi connectivity index (χ1v) is 11.2. The predicted octanol–water partition coefficient (Wildman–Crippen LogP) is 6.90. The van der Waals surface area contributed by atoms with Crippen molar-refractivity contribution in [3.05, 3.63) is 97.4 Å². The highest BCUT2D eigenvalue weighted by atomic mass is 79.9. The Morgan fingerprint density at radius 1 is 0.909 bits per heavy atom. The van der Waals surface area contributed by atoms with E-state index in [4.69, 9.17) is 28.6 Å². The van der Waals surface area contributed by atoms with E-state index in [9.17, 15) is 9.90 Å². The van der Waals surface area contributed by atoms with Gasteiger partial charge in [-0.15, -0.1) is 5.11 Å². The number of hydrogen-bond acceptors (Lipinski definition) is 6. The number of aromatic nitrogens is 2. The van der Waals surface area contributed by atoms with E-state index in [-0.39, 0.29) is 10.5 Å². The Balaban J connectivity index is 1.97. The molecule has 33 heavy (non-hydrogen) atoms. The van der Waals surface area contributed by atoms with Crippen LogP contribution in [0, 0.1) is 4.77 Å². The molecule has 3 aromatic carbocycles. The van der Waals surface area contributed by atoms with Crippen molar-refractivity contribution in [1.82, 2.24) is 9.13 Å². The molecule has 0 fully saturated rings. The lowest BCUT2D eigenvalue weighted by atomic mass is 10.3. The molecule has 1 heterocycles. The van der Waals surface area contributed by atoms with Crippen molar-refractivity contribution in [2.45, 2.75) is 0 Å². The molecule has 0 atom stereocenters. The summed E-state index contributed by atoms with van der Waals surface area (Å²) in [6, 6.07) is 20.5. The lowest BCUT2D eigenvalue weighted by Gasteiger charge is -2.16. The molecule has 1 N–H and O–H groups in total. The van der Waals surface area contributed by atoms with Gasteiger partial charge in [-0.05, 0) is 85.0 Å². The molecule has 0 aliphatic rings. The third-order valence-corrected chi connectivity index (χ3v) is 5.87. The molecule has 166 valence electrons. The minimum absolute atomic E-state index is 0.0652. The van der Waals surface area contributed by atoms with Gasteiger partial charge in [-0.3, -0.25) is 13.9 Å². The average molecular weight is 544 g/mol. The number of ether oxygens (including phenoxy) is 1. The van der Waals surface area contributed by atoms with Crippen molar-refractivity contribution in [3.8, 4) is 23.0 Å². The number of benzene rings is 3. The number of rotatable bonds is 5. The lowest BCUT2D eigenvalue weighted by molar-refractivity contribution is 0.414. The molecule has 10 heteroatoms. The third-order valence-electron chi connectivity index (χ3n) is 4.72. The van der Waals surface area contributed by atoms with Crippen LogP contribution < -0.4 is 10.3 Å². The van der Waals surface area contributed by atoms with E-state index in [0.29, 0.717) is 27.8 Å². The standard InChI is InChI=1S/C23H16BrClN4O3S/c1-32-19-12-10-18(11-13-19)29-22(31)20(27-26-16-6-4-15(25)5-7-16)21(30)28(23(29)33)17-8-2-14(24)3-9-17/h2-13,30H,1H3. The lowest BCUT2D eigenvalue weighted by Crippen LogP contribution is -2.23. The summed E-state index contributed by atoms with van der Waals surface area (Å²) >= 11 is 14.9. The van der Waals surface area contributed by atoms with Gasteiger partial charge in [0.05, 0.1) is 24.2 Å². The number of halogens is 2. The number of nitrogens with zero attached hydrogens (tertiary/aromatic N) is 4. The molecular weight excluding hydrogens is 528 g/mol. The minimum Gasteiger partial charge on any atom is -0.497 e. The summed E-state index contributed by atoms with van der Waals surface area (Å²) in [5, 5.41) is 19.7. The molecule has 0 saturated carbocycles. The molecule has 0 saturated heterocycles. The van der Waals surface area contributed by atoms with Crippen LogP contribution >= 0.6 is 39.7 Å². The van der Waals surface area contributed by atoms with Crippen molar-refractivity contribution in [2.24, 2.45) is 10.2 Å². The molecule has 1 aromatic heterocycles. The fraction of sp³-hybridized carbons (Fsp3) is 0.0435. The second-order valence-electron chi connectivity index (χ2n) is 6.78. The van der Waals surface area contributed by atoms with Crippen LogP contribution in [0.1, 0.15) is 0 Å². The van der Waals surface area contributed by atoms with Crippen LogP contribution in [0.4, 0.5) is 11.4 Å². The summed E-state index contributed by atoms with van der Waals surface area (Å²) in [7, 11) is 1.55. The van der Waals surface area contributed by atoms with Gasteiger partial charge < -0.3 is 9.84 Å². The largest absolute Gasteiger partial charge is 0.497 e. The van der Waals surface area contributed by atoms with Crippen LogP contribution in [0.2, 0.25) is 5.02 Å². The van der Waals surface area contributed by atoms with Crippen LogP contribution in [0.5, 0.6) is 11.6 Å². The number of aromatic hydroxyl groups is 1. The van der Waals surface area contributed by atoms with Crippen molar-refractivity contribution in [3.63, 3.8) is 0 Å². The Hall–Kier alpha value is -3.27. The van der Waals surface area contributed by atoms with E-state index in [2.05, 4.69) is 26.2 Å². The van der Waals surface area contributed by atoms with Gasteiger partial charge in [-0.2, -0.15) is 5.11 Å². The monoisotopic (exact) mass is 542 g/mol. The molecular formula is C23H16BrClN4O3S. The van der Waals surface area contributed by atoms with E-state index in [1.165, 1.54) is 9.13 Å². The van der Waals surface area contributed by atoms with Gasteiger partial charge in [0.15, 0.2) is 4.77 Å². The molecule has 4 aromatic rings. The third kappa shape index (κ3) is 4.75. The van der Waals surface area contributed by atoms with Crippen LogP contribution in [-0.2, 0) is 0 Å². The SMILES string of the molecule is COc1ccc(-n2c(=O)c(N=Nc3ccc(Cl)cc3)c(O)n(-c3ccc(Br)cc3)c2=S)cc1. The van der Waals surface area contributed by atoms with E-state index < -0.39 is 11.4 Å². The van der Waals surface area contributed by atoms with E-state index in [1.54, 1.807) is 79.9 Å². The Kier molecular flexibility index (Phi) is 6.73. The van der Waals surface area contributed by atoms with Gasteiger partial charge in [-0.25, -0.2) is 0 Å². The summed E-state index contributed by atoms with van der Waals surface area (Å²) in [6.45, 7) is 0.